The van der Waals surface area contributed by atoms with Gasteiger partial charge in [-0.25, -0.2) is 0 Å². The van der Waals surface area contributed by atoms with E-state index in [-0.39, 0.29) is 22.6 Å². The minimum atomic E-state index is -0.321. The van der Waals surface area contributed by atoms with E-state index in [1.807, 2.05) is 59.9 Å². The lowest BCUT2D eigenvalue weighted by atomic mass is 9.89. The molecule has 6 nitrogen and oxygen atoms in total. The van der Waals surface area contributed by atoms with Crippen LogP contribution in [0.5, 0.6) is 0 Å². The number of nitrogens with zero attached hydrogens (tertiary/aromatic N) is 1. The summed E-state index contributed by atoms with van der Waals surface area (Å²) < 4.78 is 10.8. The summed E-state index contributed by atoms with van der Waals surface area (Å²) in [5.74, 6) is 0.0560. The fraction of sp³-hybridized carbons (Fsp3) is 0.609. The lowest BCUT2D eigenvalue weighted by Crippen LogP contribution is -2.27. The van der Waals surface area contributed by atoms with Gasteiger partial charge in [0.05, 0.1) is 32.0 Å². The molecular weight excluding hydrogens is 368 g/mol. The van der Waals surface area contributed by atoms with Gasteiger partial charge in [0, 0.05) is 30.2 Å². The lowest BCUT2D eigenvalue weighted by Gasteiger charge is -2.16. The summed E-state index contributed by atoms with van der Waals surface area (Å²) in [6.45, 7) is 13.9. The minimum Gasteiger partial charge on any atom is -0.379 e. The van der Waals surface area contributed by atoms with Crippen molar-refractivity contribution in [2.75, 3.05) is 33.0 Å². The molecule has 1 aromatic rings. The summed E-state index contributed by atoms with van der Waals surface area (Å²) in [7, 11) is 0. The van der Waals surface area contributed by atoms with Crippen LogP contribution in [0.25, 0.3) is 0 Å². The molecular formula is C23H36N2O4. The number of aliphatic imine (C=N–C) groups is 1. The fourth-order valence-corrected chi connectivity index (χ4v) is 2.19. The van der Waals surface area contributed by atoms with E-state index >= 15 is 0 Å². The molecule has 1 N–H and O–H groups in total. The summed E-state index contributed by atoms with van der Waals surface area (Å²) in [4.78, 5) is 28.3. The molecule has 0 spiro atoms. The monoisotopic (exact) mass is 404 g/mol. The van der Waals surface area contributed by atoms with E-state index < -0.39 is 0 Å². The van der Waals surface area contributed by atoms with Gasteiger partial charge in [-0.3, -0.25) is 14.6 Å². The Hall–Kier alpha value is -2.05. The first-order chi connectivity index (χ1) is 13.5. The number of rotatable bonds is 11. The largest absolute Gasteiger partial charge is 0.379 e. The van der Waals surface area contributed by atoms with Gasteiger partial charge in [0.25, 0.3) is 5.91 Å². The van der Waals surface area contributed by atoms with E-state index in [2.05, 4.69) is 10.3 Å². The van der Waals surface area contributed by atoms with Gasteiger partial charge in [-0.1, -0.05) is 32.9 Å². The summed E-state index contributed by atoms with van der Waals surface area (Å²) in [5.41, 5.74) is 1.12. The Morgan fingerprint density at radius 3 is 2.07 bits per heavy atom. The molecule has 6 heteroatoms. The molecule has 0 saturated heterocycles. The Labute approximate surface area is 175 Å². The van der Waals surface area contributed by atoms with Gasteiger partial charge in [-0.05, 0) is 38.5 Å². The molecule has 162 valence electrons. The van der Waals surface area contributed by atoms with Crippen molar-refractivity contribution in [3.63, 3.8) is 0 Å². The second-order valence-electron chi connectivity index (χ2n) is 8.95. The third kappa shape index (κ3) is 11.5. The Morgan fingerprint density at radius 2 is 1.52 bits per heavy atom. The third-order valence-electron chi connectivity index (χ3n) is 3.99. The van der Waals surface area contributed by atoms with Crippen molar-refractivity contribution in [2.45, 2.75) is 53.5 Å². The molecule has 0 saturated carbocycles. The average molecular weight is 405 g/mol. The molecule has 0 unspecified atom stereocenters. The number of ether oxygens (including phenoxy) is 2. The first kappa shape index (κ1) is 25.0. The molecule has 0 heterocycles. The number of amides is 1. The van der Waals surface area contributed by atoms with Crippen LogP contribution in [0.4, 0.5) is 0 Å². The second kappa shape index (κ2) is 11.8. The highest BCUT2D eigenvalue weighted by molar-refractivity contribution is 5.95. The summed E-state index contributed by atoms with van der Waals surface area (Å²) >= 11 is 0. The summed E-state index contributed by atoms with van der Waals surface area (Å²) in [6, 6.07) is 7.32. The zero-order chi connectivity index (χ0) is 21.9. The highest BCUT2D eigenvalue weighted by Crippen LogP contribution is 2.16. The van der Waals surface area contributed by atoms with Gasteiger partial charge in [-0.2, -0.15) is 0 Å². The van der Waals surface area contributed by atoms with Crippen LogP contribution >= 0.6 is 0 Å². The van der Waals surface area contributed by atoms with E-state index in [1.54, 1.807) is 12.1 Å². The van der Waals surface area contributed by atoms with Crippen molar-refractivity contribution >= 4 is 17.9 Å². The SMILES string of the molecule is CC(C)(C)/N=C/c1ccc(C(=O)NCCOCCOCCC(=O)C(C)(C)C)cc1. The van der Waals surface area contributed by atoms with Crippen molar-refractivity contribution in [1.29, 1.82) is 0 Å². The van der Waals surface area contributed by atoms with E-state index in [0.29, 0.717) is 45.0 Å². The smallest absolute Gasteiger partial charge is 0.251 e. The molecule has 0 aliphatic rings. The quantitative estimate of drug-likeness (QED) is 0.451. The number of hydrogen-bond acceptors (Lipinski definition) is 5. The van der Waals surface area contributed by atoms with Crippen molar-refractivity contribution in [1.82, 2.24) is 5.32 Å². The Morgan fingerprint density at radius 1 is 0.931 bits per heavy atom. The van der Waals surface area contributed by atoms with Crippen molar-refractivity contribution in [3.05, 3.63) is 35.4 Å². The van der Waals surface area contributed by atoms with Gasteiger partial charge in [-0.15, -0.1) is 0 Å². The number of carbonyl (C=O) groups excluding carboxylic acids is 2. The van der Waals surface area contributed by atoms with Gasteiger partial charge in [0.1, 0.15) is 5.78 Å². The van der Waals surface area contributed by atoms with E-state index in [4.69, 9.17) is 9.47 Å². The number of benzene rings is 1. The molecule has 1 aromatic carbocycles. The van der Waals surface area contributed by atoms with E-state index in [9.17, 15) is 9.59 Å². The lowest BCUT2D eigenvalue weighted by molar-refractivity contribution is -0.127. The first-order valence-corrected chi connectivity index (χ1v) is 10.1. The predicted octanol–water partition coefficient (Wildman–Crippen LogP) is 3.67. The maximum atomic E-state index is 12.1. The predicted molar refractivity (Wildman–Crippen MR) is 117 cm³/mol. The maximum absolute atomic E-state index is 12.1. The van der Waals surface area contributed by atoms with Gasteiger partial charge < -0.3 is 14.8 Å². The zero-order valence-corrected chi connectivity index (χ0v) is 18.7. The van der Waals surface area contributed by atoms with Crippen LogP contribution in [-0.4, -0.2) is 56.4 Å². The minimum absolute atomic E-state index is 0.120. The summed E-state index contributed by atoms with van der Waals surface area (Å²) in [6.07, 6.45) is 2.23. The van der Waals surface area contributed by atoms with Crippen LogP contribution in [-0.2, 0) is 14.3 Å². The number of ketones is 1. The first-order valence-electron chi connectivity index (χ1n) is 10.1. The highest BCUT2D eigenvalue weighted by Gasteiger charge is 2.20. The molecule has 0 fully saturated rings. The van der Waals surface area contributed by atoms with Crippen LogP contribution in [0.1, 0.15) is 63.9 Å². The molecule has 0 aromatic heterocycles. The zero-order valence-electron chi connectivity index (χ0n) is 18.7. The molecule has 29 heavy (non-hydrogen) atoms. The molecule has 0 aliphatic carbocycles. The number of hydrogen-bond donors (Lipinski definition) is 1. The average Bonchev–Trinajstić information content (AvgIpc) is 2.63. The van der Waals surface area contributed by atoms with Gasteiger partial charge in [0.2, 0.25) is 0 Å². The van der Waals surface area contributed by atoms with Gasteiger partial charge in [0.15, 0.2) is 0 Å². The number of Topliss-reactive ketones (excluding diaryl/α,β-unsaturated/α-hetero) is 1. The fourth-order valence-electron chi connectivity index (χ4n) is 2.19. The van der Waals surface area contributed by atoms with Crippen molar-refractivity contribution in [2.24, 2.45) is 10.4 Å². The molecule has 0 aliphatic heterocycles. The highest BCUT2D eigenvalue weighted by atomic mass is 16.5. The van der Waals surface area contributed by atoms with Crippen LogP contribution in [0, 0.1) is 5.41 Å². The Balaban J connectivity index is 2.15. The standard InChI is InChI=1S/C23H36N2O4/c1-22(2,3)20(26)11-13-28-15-16-29-14-12-24-21(27)19-9-7-18(8-10-19)17-25-23(4,5)6/h7-10,17H,11-16H2,1-6H3,(H,24,27)/b25-17+. The Kier molecular flexibility index (Phi) is 10.2. The maximum Gasteiger partial charge on any atom is 0.251 e. The molecule has 0 radical (unpaired) electrons. The van der Waals surface area contributed by atoms with Crippen molar-refractivity contribution in [3.8, 4) is 0 Å². The molecule has 1 rings (SSSR count). The van der Waals surface area contributed by atoms with Crippen LogP contribution < -0.4 is 5.32 Å². The normalized spacial score (nSPS) is 12.3. The number of carbonyl (C=O) groups is 2. The van der Waals surface area contributed by atoms with Crippen molar-refractivity contribution < 1.29 is 19.1 Å². The number of nitrogens with one attached hydrogen (secondary N) is 1. The molecule has 0 atom stereocenters. The molecule has 0 bridgehead atoms. The topological polar surface area (TPSA) is 77.0 Å². The second-order valence-corrected chi connectivity index (χ2v) is 8.95. The van der Waals surface area contributed by atoms with Gasteiger partial charge >= 0.3 is 0 Å². The summed E-state index contributed by atoms with van der Waals surface area (Å²) in [5, 5.41) is 2.83. The van der Waals surface area contributed by atoms with E-state index in [1.165, 1.54) is 0 Å². The Bertz CT molecular complexity index is 668. The van der Waals surface area contributed by atoms with Crippen LogP contribution in [0.15, 0.2) is 29.3 Å². The van der Waals surface area contributed by atoms with Crippen LogP contribution in [0.3, 0.4) is 0 Å². The van der Waals surface area contributed by atoms with Crippen LogP contribution in [0.2, 0.25) is 0 Å². The molecule has 1 amide bonds. The van der Waals surface area contributed by atoms with E-state index in [0.717, 1.165) is 5.56 Å². The third-order valence-corrected chi connectivity index (χ3v) is 3.99.